The number of carbonyl (C=O) groups excluding carboxylic acids is 1. The predicted octanol–water partition coefficient (Wildman–Crippen LogP) is 3.50. The van der Waals surface area contributed by atoms with E-state index in [-0.39, 0.29) is 29.9 Å². The molecule has 172 valence electrons. The minimum atomic E-state index is 0. The fraction of sp³-hybridized carbons (Fsp3) is 0.667. The first-order chi connectivity index (χ1) is 14.6. The summed E-state index contributed by atoms with van der Waals surface area (Å²) in [5.74, 6) is 1.20. The van der Waals surface area contributed by atoms with Crippen molar-refractivity contribution in [3.8, 4) is 0 Å². The number of amides is 1. The van der Waals surface area contributed by atoms with Crippen molar-refractivity contribution in [2.75, 3.05) is 20.1 Å². The number of benzene rings is 1. The standard InChI is InChI=1S/C24H37N5O.HI/c1-3-25-24(27-20-14-21-9-5-10-22(15-20)28(21)2)26-16-18-7-4-8-19(13-18)17-29-12-6-11-23(29)30;/h4,7-8,13,20-22H,3,5-6,9-12,14-17H2,1-2H3,(H2,25,26,27);1H. The van der Waals surface area contributed by atoms with Gasteiger partial charge in [-0.15, -0.1) is 24.0 Å². The van der Waals surface area contributed by atoms with Crippen LogP contribution in [0.15, 0.2) is 29.3 Å². The van der Waals surface area contributed by atoms with Gasteiger partial charge in [-0.05, 0) is 57.2 Å². The van der Waals surface area contributed by atoms with Crippen LogP contribution in [0.4, 0.5) is 0 Å². The molecule has 0 radical (unpaired) electrons. The number of hydrogen-bond donors (Lipinski definition) is 2. The third-order valence-corrected chi connectivity index (χ3v) is 6.98. The van der Waals surface area contributed by atoms with Gasteiger partial charge in [-0.3, -0.25) is 4.79 Å². The number of nitrogens with zero attached hydrogens (tertiary/aromatic N) is 3. The maximum absolute atomic E-state index is 11.9. The molecule has 1 amide bonds. The summed E-state index contributed by atoms with van der Waals surface area (Å²) in [7, 11) is 2.30. The molecule has 6 nitrogen and oxygen atoms in total. The zero-order chi connectivity index (χ0) is 20.9. The van der Waals surface area contributed by atoms with Crippen molar-refractivity contribution in [3.63, 3.8) is 0 Å². The molecule has 1 aromatic carbocycles. The molecule has 2 atom stereocenters. The second-order valence-electron chi connectivity index (χ2n) is 9.15. The summed E-state index contributed by atoms with van der Waals surface area (Å²) in [6.45, 7) is 5.23. The number of guanidine groups is 1. The van der Waals surface area contributed by atoms with Crippen LogP contribution >= 0.6 is 24.0 Å². The molecule has 1 aromatic rings. The Balaban J connectivity index is 0.00000272. The van der Waals surface area contributed by atoms with E-state index >= 15 is 0 Å². The molecule has 0 aromatic heterocycles. The first-order valence-corrected chi connectivity index (χ1v) is 11.7. The molecule has 0 spiro atoms. The van der Waals surface area contributed by atoms with Gasteiger partial charge in [0.05, 0.1) is 6.54 Å². The number of hydrogen-bond acceptors (Lipinski definition) is 3. The first kappa shape index (κ1) is 24.3. The summed E-state index contributed by atoms with van der Waals surface area (Å²) in [5.41, 5.74) is 2.38. The smallest absolute Gasteiger partial charge is 0.222 e. The van der Waals surface area contributed by atoms with Crippen LogP contribution in [-0.4, -0.2) is 59.9 Å². The highest BCUT2D eigenvalue weighted by atomic mass is 127. The Morgan fingerprint density at radius 1 is 1.16 bits per heavy atom. The van der Waals surface area contributed by atoms with E-state index in [1.165, 1.54) is 43.2 Å². The van der Waals surface area contributed by atoms with Gasteiger partial charge < -0.3 is 20.4 Å². The van der Waals surface area contributed by atoms with Crippen LogP contribution in [0, 0.1) is 0 Å². The van der Waals surface area contributed by atoms with E-state index in [1.54, 1.807) is 0 Å². The van der Waals surface area contributed by atoms with Crippen molar-refractivity contribution in [1.29, 1.82) is 0 Å². The second-order valence-corrected chi connectivity index (χ2v) is 9.15. The summed E-state index contributed by atoms with van der Waals surface area (Å²) in [5, 5.41) is 7.14. The molecule has 2 bridgehead atoms. The molecule has 3 saturated heterocycles. The van der Waals surface area contributed by atoms with E-state index in [2.05, 4.69) is 53.8 Å². The van der Waals surface area contributed by atoms with Crippen molar-refractivity contribution >= 4 is 35.8 Å². The highest BCUT2D eigenvalue weighted by molar-refractivity contribution is 14.0. The molecule has 3 fully saturated rings. The van der Waals surface area contributed by atoms with Crippen LogP contribution in [0.2, 0.25) is 0 Å². The van der Waals surface area contributed by atoms with Crippen LogP contribution in [-0.2, 0) is 17.9 Å². The zero-order valence-corrected chi connectivity index (χ0v) is 21.3. The fourth-order valence-corrected chi connectivity index (χ4v) is 5.34. The zero-order valence-electron chi connectivity index (χ0n) is 19.0. The lowest BCUT2D eigenvalue weighted by Gasteiger charge is -2.47. The van der Waals surface area contributed by atoms with Gasteiger partial charge in [-0.1, -0.05) is 30.7 Å². The maximum Gasteiger partial charge on any atom is 0.222 e. The lowest BCUT2D eigenvalue weighted by molar-refractivity contribution is -0.128. The van der Waals surface area contributed by atoms with Gasteiger partial charge in [-0.2, -0.15) is 0 Å². The number of fused-ring (bicyclic) bond motifs is 2. The molecular weight excluding hydrogens is 501 g/mol. The van der Waals surface area contributed by atoms with Crippen molar-refractivity contribution in [3.05, 3.63) is 35.4 Å². The van der Waals surface area contributed by atoms with E-state index in [4.69, 9.17) is 4.99 Å². The van der Waals surface area contributed by atoms with Gasteiger partial charge in [0, 0.05) is 44.2 Å². The molecule has 3 aliphatic heterocycles. The third-order valence-electron chi connectivity index (χ3n) is 6.98. The van der Waals surface area contributed by atoms with E-state index in [1.807, 2.05) is 4.90 Å². The molecule has 3 aliphatic rings. The minimum Gasteiger partial charge on any atom is -0.357 e. The molecule has 0 saturated carbocycles. The lowest BCUT2D eigenvalue weighted by Crippen LogP contribution is -2.56. The molecule has 31 heavy (non-hydrogen) atoms. The first-order valence-electron chi connectivity index (χ1n) is 11.7. The number of likely N-dealkylation sites (tertiary alicyclic amines) is 1. The highest BCUT2D eigenvalue weighted by Crippen LogP contribution is 2.32. The largest absolute Gasteiger partial charge is 0.357 e. The van der Waals surface area contributed by atoms with Gasteiger partial charge in [0.2, 0.25) is 5.91 Å². The summed E-state index contributed by atoms with van der Waals surface area (Å²) in [6, 6.07) is 10.4. The van der Waals surface area contributed by atoms with Crippen molar-refractivity contribution in [2.24, 2.45) is 4.99 Å². The van der Waals surface area contributed by atoms with E-state index in [0.717, 1.165) is 25.5 Å². The normalized spacial score (nSPS) is 26.5. The van der Waals surface area contributed by atoms with Crippen molar-refractivity contribution in [2.45, 2.75) is 83.1 Å². The molecular formula is C24H38IN5O. The maximum atomic E-state index is 11.9. The Kier molecular flexibility index (Phi) is 9.01. The molecule has 2 N–H and O–H groups in total. The Morgan fingerprint density at radius 2 is 1.90 bits per heavy atom. The number of carbonyl (C=O) groups is 1. The third kappa shape index (κ3) is 6.34. The van der Waals surface area contributed by atoms with Crippen LogP contribution < -0.4 is 10.6 Å². The summed E-state index contributed by atoms with van der Waals surface area (Å²) in [6.07, 6.45) is 8.11. The monoisotopic (exact) mass is 539 g/mol. The Bertz CT molecular complexity index is 756. The van der Waals surface area contributed by atoms with E-state index in [0.29, 0.717) is 37.6 Å². The van der Waals surface area contributed by atoms with Gasteiger partial charge >= 0.3 is 0 Å². The van der Waals surface area contributed by atoms with Crippen molar-refractivity contribution < 1.29 is 4.79 Å². The Labute approximate surface area is 204 Å². The molecule has 7 heteroatoms. The quantitative estimate of drug-likeness (QED) is 0.330. The van der Waals surface area contributed by atoms with Gasteiger partial charge in [0.1, 0.15) is 0 Å². The van der Waals surface area contributed by atoms with E-state index < -0.39 is 0 Å². The average molecular weight is 540 g/mol. The number of piperidine rings is 2. The SMILES string of the molecule is CCNC(=NCc1cccc(CN2CCCC2=O)c1)NC1CC2CCCC(C1)N2C.I. The Morgan fingerprint density at radius 3 is 2.58 bits per heavy atom. The number of halogens is 1. The molecule has 3 heterocycles. The highest BCUT2D eigenvalue weighted by Gasteiger charge is 2.36. The summed E-state index contributed by atoms with van der Waals surface area (Å²) < 4.78 is 0. The summed E-state index contributed by atoms with van der Waals surface area (Å²) >= 11 is 0. The van der Waals surface area contributed by atoms with Gasteiger partial charge in [0.15, 0.2) is 5.96 Å². The van der Waals surface area contributed by atoms with Crippen molar-refractivity contribution in [1.82, 2.24) is 20.4 Å². The molecule has 0 aliphatic carbocycles. The molecule has 4 rings (SSSR count). The van der Waals surface area contributed by atoms with Crippen LogP contribution in [0.5, 0.6) is 0 Å². The van der Waals surface area contributed by atoms with Crippen LogP contribution in [0.25, 0.3) is 0 Å². The van der Waals surface area contributed by atoms with Gasteiger partial charge in [-0.25, -0.2) is 4.99 Å². The number of rotatable bonds is 6. The van der Waals surface area contributed by atoms with E-state index in [9.17, 15) is 4.79 Å². The summed E-state index contributed by atoms with van der Waals surface area (Å²) in [4.78, 5) is 21.4. The topological polar surface area (TPSA) is 60.0 Å². The van der Waals surface area contributed by atoms with Crippen LogP contribution in [0.3, 0.4) is 0 Å². The van der Waals surface area contributed by atoms with Gasteiger partial charge in [0.25, 0.3) is 0 Å². The number of nitrogens with one attached hydrogen (secondary N) is 2. The average Bonchev–Trinajstić information content (AvgIpc) is 3.12. The number of aliphatic imine (C=N–C) groups is 1. The lowest BCUT2D eigenvalue weighted by atomic mass is 9.82. The second kappa shape index (κ2) is 11.5. The predicted molar refractivity (Wildman–Crippen MR) is 137 cm³/mol. The fourth-order valence-electron chi connectivity index (χ4n) is 5.34. The van der Waals surface area contributed by atoms with Crippen LogP contribution in [0.1, 0.15) is 63.0 Å². The molecule has 2 unspecified atom stereocenters. The minimum absolute atomic E-state index is 0. The Hall–Kier alpha value is -1.35.